The molecule has 0 atom stereocenters. The maximum atomic E-state index is 11.6. The number of anilines is 1. The van der Waals surface area contributed by atoms with E-state index in [0.29, 0.717) is 11.3 Å². The molecule has 1 heterocycles. The Morgan fingerprint density at radius 1 is 1.53 bits per heavy atom. The fraction of sp³-hybridized carbons (Fsp3) is 0.100. The third kappa shape index (κ3) is 2.26. The average molecular weight is 228 g/mol. The first-order valence-corrected chi connectivity index (χ1v) is 4.76. The summed E-state index contributed by atoms with van der Waals surface area (Å²) in [6.45, 7) is 1.83. The topological polar surface area (TPSA) is 107 Å². The molecule has 17 heavy (non-hydrogen) atoms. The van der Waals surface area contributed by atoms with Gasteiger partial charge in [-0.2, -0.15) is 10.5 Å². The number of hydrogen-bond acceptors (Lipinski definition) is 5. The Morgan fingerprint density at radius 3 is 3.00 bits per heavy atom. The molecule has 2 aromatic rings. The number of aromatic amines is 1. The van der Waals surface area contributed by atoms with E-state index >= 15 is 0 Å². The molecule has 0 saturated heterocycles. The summed E-state index contributed by atoms with van der Waals surface area (Å²) < 4.78 is 0. The zero-order valence-electron chi connectivity index (χ0n) is 8.93. The van der Waals surface area contributed by atoms with Gasteiger partial charge in [-0.25, -0.2) is 0 Å². The van der Waals surface area contributed by atoms with E-state index in [2.05, 4.69) is 25.9 Å². The van der Waals surface area contributed by atoms with Crippen LogP contribution >= 0.6 is 0 Å². The lowest BCUT2D eigenvalue weighted by Crippen LogP contribution is -2.14. The van der Waals surface area contributed by atoms with E-state index in [9.17, 15) is 4.79 Å². The molecule has 0 fully saturated rings. The van der Waals surface area contributed by atoms with Gasteiger partial charge in [0.1, 0.15) is 0 Å². The number of hydrogen-bond donors (Lipinski definition) is 2. The first kappa shape index (κ1) is 10.8. The minimum atomic E-state index is -0.475. The van der Waals surface area contributed by atoms with Crippen molar-refractivity contribution in [1.82, 2.24) is 20.6 Å². The van der Waals surface area contributed by atoms with Gasteiger partial charge in [-0.05, 0) is 29.8 Å². The number of H-pyrrole nitrogens is 1. The predicted octanol–water partition coefficient (Wildman–Crippen LogP) is 0.632. The Hall–Kier alpha value is -2.75. The minimum absolute atomic E-state index is 0.0493. The molecule has 1 aromatic heterocycles. The van der Waals surface area contributed by atoms with Gasteiger partial charge in [-0.3, -0.25) is 4.79 Å². The molecular formula is C10H8N6O. The zero-order valence-corrected chi connectivity index (χ0v) is 8.93. The number of nitrogens with one attached hydrogen (secondary N) is 2. The summed E-state index contributed by atoms with van der Waals surface area (Å²) in [5.41, 5.74) is 1.87. The van der Waals surface area contributed by atoms with Crippen LogP contribution in [0.15, 0.2) is 18.2 Å². The van der Waals surface area contributed by atoms with Gasteiger partial charge in [-0.15, -0.1) is 10.2 Å². The number of aryl methyl sites for hydroxylation is 1. The van der Waals surface area contributed by atoms with Crippen molar-refractivity contribution in [2.75, 3.05) is 5.32 Å². The van der Waals surface area contributed by atoms with Gasteiger partial charge in [0.25, 0.3) is 11.7 Å². The van der Waals surface area contributed by atoms with Gasteiger partial charge < -0.3 is 5.32 Å². The van der Waals surface area contributed by atoms with Gasteiger partial charge in [0.05, 0.1) is 11.6 Å². The van der Waals surface area contributed by atoms with Crippen molar-refractivity contribution in [1.29, 1.82) is 5.26 Å². The van der Waals surface area contributed by atoms with Crippen molar-refractivity contribution < 1.29 is 4.79 Å². The highest BCUT2D eigenvalue weighted by Crippen LogP contribution is 2.16. The summed E-state index contributed by atoms with van der Waals surface area (Å²) in [4.78, 5) is 11.6. The molecule has 2 N–H and O–H groups in total. The van der Waals surface area contributed by atoms with E-state index in [1.165, 1.54) is 0 Å². The summed E-state index contributed by atoms with van der Waals surface area (Å²) in [5, 5.41) is 24.0. The monoisotopic (exact) mass is 228 g/mol. The zero-order chi connectivity index (χ0) is 12.3. The van der Waals surface area contributed by atoms with Crippen molar-refractivity contribution in [2.24, 2.45) is 0 Å². The predicted molar refractivity (Wildman–Crippen MR) is 58.0 cm³/mol. The highest BCUT2D eigenvalue weighted by atomic mass is 16.2. The molecule has 0 aliphatic heterocycles. The van der Waals surface area contributed by atoms with Gasteiger partial charge in [0.15, 0.2) is 0 Å². The Balaban J connectivity index is 2.25. The lowest BCUT2D eigenvalue weighted by molar-refractivity contribution is 0.101. The van der Waals surface area contributed by atoms with Crippen LogP contribution in [-0.2, 0) is 0 Å². The van der Waals surface area contributed by atoms with E-state index in [1.807, 2.05) is 13.0 Å². The molecule has 0 spiro atoms. The van der Waals surface area contributed by atoms with Crippen LogP contribution in [0, 0.1) is 18.3 Å². The van der Waals surface area contributed by atoms with Gasteiger partial charge in [-0.1, -0.05) is 6.07 Å². The lowest BCUT2D eigenvalue weighted by atomic mass is 10.1. The second-order valence-corrected chi connectivity index (χ2v) is 3.33. The highest BCUT2D eigenvalue weighted by molar-refractivity contribution is 6.01. The average Bonchev–Trinajstić information content (AvgIpc) is 2.85. The van der Waals surface area contributed by atoms with E-state index in [1.54, 1.807) is 18.2 Å². The lowest BCUT2D eigenvalue weighted by Gasteiger charge is -2.06. The van der Waals surface area contributed by atoms with Crippen LogP contribution in [0.4, 0.5) is 5.69 Å². The third-order valence-electron chi connectivity index (χ3n) is 2.16. The maximum absolute atomic E-state index is 11.6. The SMILES string of the molecule is Cc1ccc(C#N)cc1NC(=O)c1nn[nH]n1. The molecule has 0 aliphatic carbocycles. The summed E-state index contributed by atoms with van der Waals surface area (Å²) in [5.74, 6) is -0.524. The van der Waals surface area contributed by atoms with Crippen LogP contribution in [0.5, 0.6) is 0 Å². The van der Waals surface area contributed by atoms with Crippen LogP contribution in [0.3, 0.4) is 0 Å². The van der Waals surface area contributed by atoms with E-state index in [-0.39, 0.29) is 5.82 Å². The second-order valence-electron chi connectivity index (χ2n) is 3.33. The maximum Gasteiger partial charge on any atom is 0.297 e. The normalized spacial score (nSPS) is 9.65. The van der Waals surface area contributed by atoms with E-state index in [4.69, 9.17) is 5.26 Å². The number of amides is 1. The molecule has 0 unspecified atom stereocenters. The molecule has 0 bridgehead atoms. The van der Waals surface area contributed by atoms with Crippen LogP contribution in [-0.4, -0.2) is 26.5 Å². The summed E-state index contributed by atoms with van der Waals surface area (Å²) in [7, 11) is 0. The molecule has 0 radical (unpaired) electrons. The molecule has 2 rings (SSSR count). The Morgan fingerprint density at radius 2 is 2.35 bits per heavy atom. The van der Waals surface area contributed by atoms with E-state index in [0.717, 1.165) is 5.56 Å². The van der Waals surface area contributed by atoms with Crippen molar-refractivity contribution in [3.63, 3.8) is 0 Å². The fourth-order valence-electron chi connectivity index (χ4n) is 1.26. The molecule has 0 aliphatic rings. The standard InChI is InChI=1S/C10H8N6O/c1-6-2-3-7(5-11)4-8(6)12-10(17)9-13-15-16-14-9/h2-4H,1H3,(H,12,17)(H,13,14,15,16). The van der Waals surface area contributed by atoms with Crippen LogP contribution in [0.25, 0.3) is 0 Å². The van der Waals surface area contributed by atoms with Crippen molar-refractivity contribution in [2.45, 2.75) is 6.92 Å². The molecule has 84 valence electrons. The first-order chi connectivity index (χ1) is 8.20. The minimum Gasteiger partial charge on any atom is -0.319 e. The molecule has 1 aromatic carbocycles. The Labute approximate surface area is 96.5 Å². The van der Waals surface area contributed by atoms with Gasteiger partial charge in [0, 0.05) is 5.69 Å². The number of carbonyl (C=O) groups is 1. The Kier molecular flexibility index (Phi) is 2.79. The molecule has 7 heteroatoms. The Bertz CT molecular complexity index is 583. The molecule has 1 amide bonds. The summed E-state index contributed by atoms with van der Waals surface area (Å²) >= 11 is 0. The largest absolute Gasteiger partial charge is 0.319 e. The number of carbonyl (C=O) groups excluding carboxylic acids is 1. The number of benzene rings is 1. The third-order valence-corrected chi connectivity index (χ3v) is 2.16. The number of tetrazole rings is 1. The van der Waals surface area contributed by atoms with Crippen molar-refractivity contribution in [3.05, 3.63) is 35.2 Å². The van der Waals surface area contributed by atoms with Crippen molar-refractivity contribution in [3.8, 4) is 6.07 Å². The van der Waals surface area contributed by atoms with Crippen molar-refractivity contribution >= 4 is 11.6 Å². The van der Waals surface area contributed by atoms with Crippen LogP contribution < -0.4 is 5.32 Å². The van der Waals surface area contributed by atoms with Gasteiger partial charge >= 0.3 is 0 Å². The van der Waals surface area contributed by atoms with Crippen LogP contribution in [0.2, 0.25) is 0 Å². The second kappa shape index (κ2) is 4.40. The molecule has 7 nitrogen and oxygen atoms in total. The number of rotatable bonds is 2. The highest BCUT2D eigenvalue weighted by Gasteiger charge is 2.12. The quantitative estimate of drug-likeness (QED) is 0.783. The fourth-order valence-corrected chi connectivity index (χ4v) is 1.26. The number of aromatic nitrogens is 4. The molecular weight excluding hydrogens is 220 g/mol. The van der Waals surface area contributed by atoms with E-state index < -0.39 is 5.91 Å². The number of nitriles is 1. The molecule has 0 saturated carbocycles. The smallest absolute Gasteiger partial charge is 0.297 e. The van der Waals surface area contributed by atoms with Crippen LogP contribution in [0.1, 0.15) is 21.7 Å². The van der Waals surface area contributed by atoms with Gasteiger partial charge in [0.2, 0.25) is 0 Å². The number of nitrogens with zero attached hydrogens (tertiary/aromatic N) is 4. The summed E-state index contributed by atoms with van der Waals surface area (Å²) in [6, 6.07) is 7.03. The summed E-state index contributed by atoms with van der Waals surface area (Å²) in [6.07, 6.45) is 0. The first-order valence-electron chi connectivity index (χ1n) is 4.76.